The largest absolute Gasteiger partial charge is 0.354 e. The number of nitrogens with zero attached hydrogens (tertiary/aromatic N) is 2. The van der Waals surface area contributed by atoms with Crippen LogP contribution < -0.4 is 5.32 Å². The second-order valence-corrected chi connectivity index (χ2v) is 6.43. The van der Waals surface area contributed by atoms with E-state index in [1.54, 1.807) is 11.3 Å². The molecule has 0 atom stereocenters. The maximum Gasteiger partial charge on any atom is 0.226 e. The Morgan fingerprint density at radius 3 is 2.78 bits per heavy atom. The van der Waals surface area contributed by atoms with Crippen LogP contribution in [0.1, 0.15) is 25.1 Å². The fourth-order valence-corrected chi connectivity index (χ4v) is 3.24. The van der Waals surface area contributed by atoms with E-state index in [0.717, 1.165) is 35.9 Å². The molecule has 0 spiro atoms. The molecule has 0 bridgehead atoms. The van der Waals surface area contributed by atoms with Crippen molar-refractivity contribution in [3.05, 3.63) is 40.9 Å². The first kappa shape index (κ1) is 17.6. The summed E-state index contributed by atoms with van der Waals surface area (Å²) in [4.78, 5) is 18.9. The quantitative estimate of drug-likeness (QED) is 0.808. The molecule has 1 aromatic heterocycles. The zero-order chi connectivity index (χ0) is 16.7. The number of aryl methyl sites for hydroxylation is 1. The highest BCUT2D eigenvalue weighted by Crippen LogP contribution is 2.24. The van der Waals surface area contributed by atoms with Gasteiger partial charge < -0.3 is 10.2 Å². The predicted octanol–water partition coefficient (Wildman–Crippen LogP) is 3.12. The van der Waals surface area contributed by atoms with E-state index in [9.17, 15) is 4.79 Å². The van der Waals surface area contributed by atoms with Gasteiger partial charge in [0.2, 0.25) is 5.91 Å². The van der Waals surface area contributed by atoms with Crippen molar-refractivity contribution in [3.63, 3.8) is 0 Å². The van der Waals surface area contributed by atoms with Crippen LogP contribution in [0.2, 0.25) is 0 Å². The van der Waals surface area contributed by atoms with Crippen molar-refractivity contribution in [2.45, 2.75) is 27.2 Å². The van der Waals surface area contributed by atoms with Crippen LogP contribution in [-0.4, -0.2) is 42.0 Å². The molecule has 23 heavy (non-hydrogen) atoms. The number of thiazole rings is 1. The molecule has 4 nitrogen and oxygen atoms in total. The third-order valence-electron chi connectivity index (χ3n) is 3.80. The minimum Gasteiger partial charge on any atom is -0.354 e. The lowest BCUT2D eigenvalue weighted by Gasteiger charge is -2.17. The molecule has 1 N–H and O–H groups in total. The molecule has 5 heteroatoms. The summed E-state index contributed by atoms with van der Waals surface area (Å²) >= 11 is 1.59. The van der Waals surface area contributed by atoms with E-state index in [-0.39, 0.29) is 5.91 Å². The Hall–Kier alpha value is -1.72. The van der Waals surface area contributed by atoms with Crippen molar-refractivity contribution < 1.29 is 4.79 Å². The second kappa shape index (κ2) is 8.79. The van der Waals surface area contributed by atoms with Crippen molar-refractivity contribution in [2.24, 2.45) is 0 Å². The van der Waals surface area contributed by atoms with Gasteiger partial charge in [-0.2, -0.15) is 0 Å². The minimum absolute atomic E-state index is 0.0400. The number of rotatable bonds is 8. The second-order valence-electron chi connectivity index (χ2n) is 5.57. The highest BCUT2D eigenvalue weighted by atomic mass is 32.1. The maximum absolute atomic E-state index is 12.0. The third kappa shape index (κ3) is 5.44. The van der Waals surface area contributed by atoms with Crippen molar-refractivity contribution in [1.29, 1.82) is 0 Å². The Bertz CT molecular complexity index is 635. The van der Waals surface area contributed by atoms with Crippen LogP contribution in [0.3, 0.4) is 0 Å². The Morgan fingerprint density at radius 1 is 1.30 bits per heavy atom. The summed E-state index contributed by atoms with van der Waals surface area (Å²) in [5.41, 5.74) is 3.17. The van der Waals surface area contributed by atoms with Crippen molar-refractivity contribution >= 4 is 17.2 Å². The molecule has 0 unspecified atom stereocenters. The number of likely N-dealkylation sites (N-methyl/N-ethyl adjacent to an activating group) is 1. The van der Waals surface area contributed by atoms with E-state index >= 15 is 0 Å². The number of amides is 1. The van der Waals surface area contributed by atoms with Gasteiger partial charge in [-0.3, -0.25) is 4.79 Å². The zero-order valence-electron chi connectivity index (χ0n) is 14.1. The highest BCUT2D eigenvalue weighted by molar-refractivity contribution is 7.13. The SMILES string of the molecule is CCN(CC)CCNC(=O)Cc1csc(-c2cccc(C)c2)n1. The van der Waals surface area contributed by atoms with Crippen LogP contribution in [0.4, 0.5) is 0 Å². The monoisotopic (exact) mass is 331 g/mol. The summed E-state index contributed by atoms with van der Waals surface area (Å²) < 4.78 is 0. The molecule has 1 aromatic carbocycles. The van der Waals surface area contributed by atoms with Crippen LogP contribution in [0.25, 0.3) is 10.6 Å². The van der Waals surface area contributed by atoms with Gasteiger partial charge in [-0.25, -0.2) is 4.98 Å². The van der Waals surface area contributed by atoms with E-state index in [0.29, 0.717) is 13.0 Å². The molecule has 2 aromatic rings. The van der Waals surface area contributed by atoms with Crippen LogP contribution in [0.5, 0.6) is 0 Å². The summed E-state index contributed by atoms with van der Waals surface area (Å²) in [6.45, 7) is 9.94. The van der Waals surface area contributed by atoms with Gasteiger partial charge in [-0.1, -0.05) is 37.6 Å². The number of benzene rings is 1. The number of hydrogen-bond acceptors (Lipinski definition) is 4. The molecule has 0 aliphatic rings. The van der Waals surface area contributed by atoms with Gasteiger partial charge in [-0.15, -0.1) is 11.3 Å². The number of carbonyl (C=O) groups is 1. The topological polar surface area (TPSA) is 45.2 Å². The van der Waals surface area contributed by atoms with E-state index in [2.05, 4.69) is 54.2 Å². The van der Waals surface area contributed by atoms with Crippen LogP contribution in [-0.2, 0) is 11.2 Å². The van der Waals surface area contributed by atoms with Gasteiger partial charge >= 0.3 is 0 Å². The lowest BCUT2D eigenvalue weighted by molar-refractivity contribution is -0.120. The van der Waals surface area contributed by atoms with Crippen LogP contribution >= 0.6 is 11.3 Å². The zero-order valence-corrected chi connectivity index (χ0v) is 14.9. The fourth-order valence-electron chi connectivity index (χ4n) is 2.42. The van der Waals surface area contributed by atoms with Crippen molar-refractivity contribution in [3.8, 4) is 10.6 Å². The Kier molecular flexibility index (Phi) is 6.74. The maximum atomic E-state index is 12.0. The highest BCUT2D eigenvalue weighted by Gasteiger charge is 2.09. The molecular formula is C18H25N3OS. The van der Waals surface area contributed by atoms with Gasteiger partial charge in [0.05, 0.1) is 12.1 Å². The minimum atomic E-state index is 0.0400. The van der Waals surface area contributed by atoms with Crippen LogP contribution in [0.15, 0.2) is 29.6 Å². The molecule has 1 heterocycles. The van der Waals surface area contributed by atoms with Crippen molar-refractivity contribution in [1.82, 2.24) is 15.2 Å². The van der Waals surface area contributed by atoms with E-state index < -0.39 is 0 Å². The lowest BCUT2D eigenvalue weighted by Crippen LogP contribution is -2.35. The summed E-state index contributed by atoms with van der Waals surface area (Å²) in [5.74, 6) is 0.0400. The summed E-state index contributed by atoms with van der Waals surface area (Å²) in [6.07, 6.45) is 0.348. The molecule has 124 valence electrons. The average molecular weight is 331 g/mol. The smallest absolute Gasteiger partial charge is 0.226 e. The third-order valence-corrected chi connectivity index (χ3v) is 4.74. The summed E-state index contributed by atoms with van der Waals surface area (Å²) in [6, 6.07) is 8.28. The van der Waals surface area contributed by atoms with Gasteiger partial charge in [0, 0.05) is 24.0 Å². The number of aromatic nitrogens is 1. The molecule has 0 aliphatic heterocycles. The summed E-state index contributed by atoms with van der Waals surface area (Å²) in [7, 11) is 0. The van der Waals surface area contributed by atoms with Gasteiger partial charge in [-0.05, 0) is 26.1 Å². The Morgan fingerprint density at radius 2 is 2.09 bits per heavy atom. The van der Waals surface area contributed by atoms with E-state index in [4.69, 9.17) is 0 Å². The number of nitrogens with one attached hydrogen (secondary N) is 1. The molecule has 2 rings (SSSR count). The van der Waals surface area contributed by atoms with Gasteiger partial charge in [0.15, 0.2) is 0 Å². The molecule has 0 fully saturated rings. The first-order valence-corrected chi connectivity index (χ1v) is 9.00. The summed E-state index contributed by atoms with van der Waals surface area (Å²) in [5, 5.41) is 5.92. The molecule has 1 amide bonds. The number of hydrogen-bond donors (Lipinski definition) is 1. The molecule has 0 saturated heterocycles. The lowest BCUT2D eigenvalue weighted by atomic mass is 10.1. The van der Waals surface area contributed by atoms with Crippen LogP contribution in [0, 0.1) is 6.92 Å². The first-order valence-electron chi connectivity index (χ1n) is 8.12. The molecule has 0 radical (unpaired) electrons. The molecular weight excluding hydrogens is 306 g/mol. The number of carbonyl (C=O) groups excluding carboxylic acids is 1. The Balaban J connectivity index is 1.85. The van der Waals surface area contributed by atoms with Gasteiger partial charge in [0.25, 0.3) is 0 Å². The normalized spacial score (nSPS) is 11.0. The van der Waals surface area contributed by atoms with E-state index in [1.807, 2.05) is 11.4 Å². The van der Waals surface area contributed by atoms with E-state index in [1.165, 1.54) is 5.56 Å². The fraction of sp³-hybridized carbons (Fsp3) is 0.444. The van der Waals surface area contributed by atoms with Gasteiger partial charge in [0.1, 0.15) is 5.01 Å². The average Bonchev–Trinajstić information content (AvgIpc) is 3.00. The molecule has 0 saturated carbocycles. The predicted molar refractivity (Wildman–Crippen MR) is 96.8 cm³/mol. The standard InChI is InChI=1S/C18H25N3OS/c1-4-21(5-2)10-9-19-17(22)12-16-13-23-18(20-16)15-8-6-7-14(3)11-15/h6-8,11,13H,4-5,9-10,12H2,1-3H3,(H,19,22). The van der Waals surface area contributed by atoms with Crippen molar-refractivity contribution in [2.75, 3.05) is 26.2 Å². The molecule has 0 aliphatic carbocycles. The first-order chi connectivity index (χ1) is 11.1. The Labute approximate surface area is 142 Å².